The summed E-state index contributed by atoms with van der Waals surface area (Å²) in [6, 6.07) is 29.4. The average molecular weight is 664 g/mol. The predicted molar refractivity (Wildman–Crippen MR) is 186 cm³/mol. The van der Waals surface area contributed by atoms with Crippen molar-refractivity contribution in [3.63, 3.8) is 0 Å². The fourth-order valence-electron chi connectivity index (χ4n) is 4.37. The predicted octanol–water partition coefficient (Wildman–Crippen LogP) is 7.56. The van der Waals surface area contributed by atoms with Gasteiger partial charge in [-0.25, -0.2) is 4.98 Å². The Morgan fingerprint density at radius 1 is 0.915 bits per heavy atom. The van der Waals surface area contributed by atoms with E-state index in [1.54, 1.807) is 79.0 Å². The first kappa shape index (κ1) is 32.8. The lowest BCUT2D eigenvalue weighted by atomic mass is 10.1. The zero-order valence-corrected chi connectivity index (χ0v) is 26.9. The van der Waals surface area contributed by atoms with E-state index in [9.17, 15) is 24.5 Å². The number of hydrogen-bond donors (Lipinski definition) is 3. The molecule has 0 aliphatic rings. The maximum atomic E-state index is 13.4. The molecule has 1 unspecified atom stereocenters. The number of rotatable bonds is 11. The molecule has 0 spiro atoms. The van der Waals surface area contributed by atoms with Crippen LogP contribution in [0.4, 0.5) is 16.5 Å². The number of hydrogen-bond acceptors (Lipinski definition) is 8. The molecule has 236 valence electrons. The van der Waals surface area contributed by atoms with Crippen molar-refractivity contribution in [2.24, 2.45) is 0 Å². The third-order valence-corrected chi connectivity index (χ3v) is 8.77. The number of nitro groups is 1. The molecule has 12 heteroatoms. The highest BCUT2D eigenvalue weighted by molar-refractivity contribution is 8.00. The summed E-state index contributed by atoms with van der Waals surface area (Å²) < 4.78 is 0. The number of nitro benzene ring substituents is 1. The normalized spacial score (nSPS) is 11.7. The maximum Gasteiger partial charge on any atom is 0.272 e. The molecule has 3 amide bonds. The molecule has 0 saturated carbocycles. The number of nitrogens with one attached hydrogen (secondary N) is 3. The van der Waals surface area contributed by atoms with Crippen LogP contribution in [0.15, 0.2) is 119 Å². The molecule has 1 aromatic heterocycles. The summed E-state index contributed by atoms with van der Waals surface area (Å²) in [7, 11) is 0. The highest BCUT2D eigenvalue weighted by Gasteiger charge is 2.19. The summed E-state index contributed by atoms with van der Waals surface area (Å²) >= 11 is 2.56. The molecule has 10 nitrogen and oxygen atoms in total. The second-order valence-corrected chi connectivity index (χ2v) is 12.6. The number of non-ortho nitro benzene ring substituents is 1. The van der Waals surface area contributed by atoms with Crippen LogP contribution in [-0.2, 0) is 9.59 Å². The van der Waals surface area contributed by atoms with Gasteiger partial charge in [0.15, 0.2) is 5.13 Å². The van der Waals surface area contributed by atoms with E-state index in [1.807, 2.05) is 37.3 Å². The largest absolute Gasteiger partial charge is 0.321 e. The summed E-state index contributed by atoms with van der Waals surface area (Å²) in [6.45, 7) is 3.69. The van der Waals surface area contributed by atoms with Crippen molar-refractivity contribution in [1.29, 1.82) is 0 Å². The first-order valence-corrected chi connectivity index (χ1v) is 16.2. The van der Waals surface area contributed by atoms with Crippen LogP contribution in [0.2, 0.25) is 0 Å². The number of carbonyl (C=O) groups excluding carboxylic acids is 3. The molecule has 1 heterocycles. The molecular weight excluding hydrogens is 635 g/mol. The van der Waals surface area contributed by atoms with Crippen LogP contribution in [0.3, 0.4) is 0 Å². The van der Waals surface area contributed by atoms with Crippen molar-refractivity contribution < 1.29 is 19.3 Å². The van der Waals surface area contributed by atoms with Gasteiger partial charge in [-0.05, 0) is 67.4 Å². The zero-order chi connectivity index (χ0) is 33.3. The average Bonchev–Trinajstić information content (AvgIpc) is 3.55. The molecule has 5 aromatic rings. The highest BCUT2D eigenvalue weighted by Crippen LogP contribution is 2.29. The Morgan fingerprint density at radius 2 is 1.64 bits per heavy atom. The number of thiazole rings is 1. The standard InChI is InChI=1S/C35H29N5O5S2/c1-22-9-6-7-12-25(22)20-30(37-33(42)24-10-4-3-5-11-24)34(43)36-27-15-17-29(18-16-27)47-23(2)32(41)39-35-38-31(21-46-35)26-13-8-14-28(19-26)40(44)45/h3-21,23H,1-2H3,(H,36,43)(H,37,42)(H,38,39,41)/b30-20-. The summed E-state index contributed by atoms with van der Waals surface area (Å²) in [6.07, 6.45) is 1.64. The quantitative estimate of drug-likeness (QED) is 0.0573. The smallest absolute Gasteiger partial charge is 0.272 e. The second kappa shape index (κ2) is 15.1. The summed E-state index contributed by atoms with van der Waals surface area (Å²) in [5.41, 5.74) is 3.85. The van der Waals surface area contributed by atoms with Crippen LogP contribution in [0.25, 0.3) is 17.3 Å². The fourth-order valence-corrected chi connectivity index (χ4v) is 5.96. The Hall–Kier alpha value is -5.59. The first-order chi connectivity index (χ1) is 22.7. The monoisotopic (exact) mass is 663 g/mol. The number of aromatic nitrogens is 1. The van der Waals surface area contributed by atoms with Gasteiger partial charge in [0.1, 0.15) is 5.70 Å². The minimum absolute atomic E-state index is 0.0364. The van der Waals surface area contributed by atoms with E-state index in [1.165, 1.54) is 35.2 Å². The van der Waals surface area contributed by atoms with Crippen molar-refractivity contribution in [3.8, 4) is 11.3 Å². The third kappa shape index (κ3) is 8.78. The van der Waals surface area contributed by atoms with Crippen molar-refractivity contribution >= 4 is 63.4 Å². The van der Waals surface area contributed by atoms with Gasteiger partial charge in [-0.1, -0.05) is 54.6 Å². The third-order valence-electron chi connectivity index (χ3n) is 6.90. The minimum atomic E-state index is -0.487. The molecule has 0 bridgehead atoms. The van der Waals surface area contributed by atoms with Crippen LogP contribution in [0.5, 0.6) is 0 Å². The Balaban J connectivity index is 1.21. The van der Waals surface area contributed by atoms with Gasteiger partial charge in [-0.15, -0.1) is 23.1 Å². The molecule has 0 aliphatic carbocycles. The number of anilines is 2. The molecule has 47 heavy (non-hydrogen) atoms. The van der Waals surface area contributed by atoms with Gasteiger partial charge in [0, 0.05) is 39.2 Å². The van der Waals surface area contributed by atoms with E-state index < -0.39 is 22.0 Å². The van der Waals surface area contributed by atoms with E-state index in [0.717, 1.165) is 16.0 Å². The molecule has 5 rings (SSSR count). The van der Waals surface area contributed by atoms with Crippen molar-refractivity contribution in [3.05, 3.63) is 141 Å². The number of thioether (sulfide) groups is 1. The van der Waals surface area contributed by atoms with Crippen LogP contribution >= 0.6 is 23.1 Å². The fraction of sp³-hybridized carbons (Fsp3) is 0.0857. The summed E-state index contributed by atoms with van der Waals surface area (Å²) in [4.78, 5) is 55.0. The van der Waals surface area contributed by atoms with Crippen molar-refractivity contribution in [1.82, 2.24) is 10.3 Å². The summed E-state index contributed by atoms with van der Waals surface area (Å²) in [5.74, 6) is -1.15. The van der Waals surface area contributed by atoms with E-state index >= 15 is 0 Å². The topological polar surface area (TPSA) is 143 Å². The number of carbonyl (C=O) groups is 3. The summed E-state index contributed by atoms with van der Waals surface area (Å²) in [5, 5.41) is 21.1. The number of amides is 3. The Kier molecular flexibility index (Phi) is 10.6. The van der Waals surface area contributed by atoms with Crippen molar-refractivity contribution in [2.45, 2.75) is 24.0 Å². The number of benzene rings is 4. The van der Waals surface area contributed by atoms with Gasteiger partial charge in [-0.2, -0.15) is 0 Å². The molecular formula is C35H29N5O5S2. The van der Waals surface area contributed by atoms with Gasteiger partial charge in [-0.3, -0.25) is 24.5 Å². The van der Waals surface area contributed by atoms with Gasteiger partial charge >= 0.3 is 0 Å². The SMILES string of the molecule is Cc1ccccc1/C=C(\NC(=O)c1ccccc1)C(=O)Nc1ccc(SC(C)C(=O)Nc2nc(-c3cccc([N+](=O)[O-])c3)cs2)cc1. The number of aryl methyl sites for hydroxylation is 1. The molecule has 0 saturated heterocycles. The molecule has 3 N–H and O–H groups in total. The lowest BCUT2D eigenvalue weighted by Crippen LogP contribution is -2.30. The van der Waals surface area contributed by atoms with Crippen molar-refractivity contribution in [2.75, 3.05) is 10.6 Å². The molecule has 0 fully saturated rings. The lowest BCUT2D eigenvalue weighted by molar-refractivity contribution is -0.384. The van der Waals surface area contributed by atoms with Gasteiger partial charge < -0.3 is 16.0 Å². The van der Waals surface area contributed by atoms with E-state index in [0.29, 0.717) is 27.6 Å². The van der Waals surface area contributed by atoms with Gasteiger partial charge in [0.25, 0.3) is 17.5 Å². The Bertz CT molecular complexity index is 1960. The van der Waals surface area contributed by atoms with Crippen LogP contribution < -0.4 is 16.0 Å². The van der Waals surface area contributed by atoms with Crippen LogP contribution in [0, 0.1) is 17.0 Å². The van der Waals surface area contributed by atoms with Gasteiger partial charge in [0.2, 0.25) is 5.91 Å². The Morgan fingerprint density at radius 3 is 2.36 bits per heavy atom. The second-order valence-electron chi connectivity index (χ2n) is 10.3. The lowest BCUT2D eigenvalue weighted by Gasteiger charge is -2.13. The molecule has 1 atom stereocenters. The molecule has 0 radical (unpaired) electrons. The molecule has 0 aliphatic heterocycles. The maximum absolute atomic E-state index is 13.4. The Labute approximate surface area is 279 Å². The van der Waals surface area contributed by atoms with Gasteiger partial charge in [0.05, 0.1) is 15.9 Å². The highest BCUT2D eigenvalue weighted by atomic mass is 32.2. The first-order valence-electron chi connectivity index (χ1n) is 14.4. The van der Waals surface area contributed by atoms with E-state index in [-0.39, 0.29) is 17.3 Å². The van der Waals surface area contributed by atoms with E-state index in [2.05, 4.69) is 20.9 Å². The van der Waals surface area contributed by atoms with Crippen LogP contribution in [-0.4, -0.2) is 32.9 Å². The number of nitrogens with zero attached hydrogens (tertiary/aromatic N) is 2. The zero-order valence-electron chi connectivity index (χ0n) is 25.3. The van der Waals surface area contributed by atoms with E-state index in [4.69, 9.17) is 0 Å². The molecule has 4 aromatic carbocycles. The minimum Gasteiger partial charge on any atom is -0.321 e. The van der Waals surface area contributed by atoms with Crippen LogP contribution in [0.1, 0.15) is 28.4 Å².